The van der Waals surface area contributed by atoms with E-state index in [9.17, 15) is 10.1 Å². The summed E-state index contributed by atoms with van der Waals surface area (Å²) >= 11 is 2.41. The van der Waals surface area contributed by atoms with E-state index >= 15 is 0 Å². The van der Waals surface area contributed by atoms with E-state index in [-0.39, 0.29) is 10.8 Å². The van der Waals surface area contributed by atoms with Gasteiger partial charge in [0.25, 0.3) is 4.96 Å². The highest BCUT2D eigenvalue weighted by Gasteiger charge is 2.26. The maximum Gasteiger partial charge on any atom is 0.363 e. The van der Waals surface area contributed by atoms with E-state index in [1.807, 2.05) is 32.0 Å². The monoisotopic (exact) mass is 373 g/mol. The molecule has 3 aromatic heterocycles. The number of hydrogen-bond donors (Lipinski definition) is 0. The lowest BCUT2D eigenvalue weighted by Crippen LogP contribution is -2.03. The van der Waals surface area contributed by atoms with Crippen LogP contribution in [0.4, 0.5) is 5.82 Å². The van der Waals surface area contributed by atoms with Crippen LogP contribution >= 0.6 is 23.1 Å². The summed E-state index contributed by atoms with van der Waals surface area (Å²) in [6, 6.07) is 5.83. The number of tetrazole rings is 1. The molecule has 126 valence electrons. The smallest absolute Gasteiger partial charge is 0.358 e. The number of aromatic nitrogens is 6. The second kappa shape index (κ2) is 5.93. The van der Waals surface area contributed by atoms with Gasteiger partial charge in [-0.05, 0) is 58.2 Å². The standard InChI is InChI=1S/C14H11N7O2S2/c1-8-4-3-5-10(9(8)2)20-14(16-17-18-20)25-11-12(21(22)23)19-6-7-24-13(19)15-11/h3-7H,1-2H3. The molecule has 4 rings (SSSR count). The molecule has 1 aromatic carbocycles. The Morgan fingerprint density at radius 1 is 1.32 bits per heavy atom. The van der Waals surface area contributed by atoms with Crippen LogP contribution in [0.1, 0.15) is 11.1 Å². The van der Waals surface area contributed by atoms with Gasteiger partial charge < -0.3 is 10.1 Å². The zero-order valence-corrected chi connectivity index (χ0v) is 14.8. The van der Waals surface area contributed by atoms with Gasteiger partial charge in [0.2, 0.25) is 10.2 Å². The summed E-state index contributed by atoms with van der Waals surface area (Å²) in [7, 11) is 0. The van der Waals surface area contributed by atoms with E-state index in [1.54, 1.807) is 16.3 Å². The molecule has 0 spiro atoms. The van der Waals surface area contributed by atoms with Gasteiger partial charge >= 0.3 is 5.82 Å². The number of aryl methyl sites for hydroxylation is 1. The predicted molar refractivity (Wildman–Crippen MR) is 92.5 cm³/mol. The fraction of sp³-hybridized carbons (Fsp3) is 0.143. The molecule has 0 aliphatic rings. The first-order valence-corrected chi connectivity index (χ1v) is 8.88. The number of thiazole rings is 1. The van der Waals surface area contributed by atoms with Gasteiger partial charge in [0.1, 0.15) is 6.20 Å². The van der Waals surface area contributed by atoms with Crippen molar-refractivity contribution in [2.24, 2.45) is 0 Å². The van der Waals surface area contributed by atoms with Crippen LogP contribution in [0.2, 0.25) is 0 Å². The zero-order chi connectivity index (χ0) is 17.6. The summed E-state index contributed by atoms with van der Waals surface area (Å²) in [5.41, 5.74) is 2.98. The van der Waals surface area contributed by atoms with Crippen molar-refractivity contribution < 1.29 is 4.92 Å². The second-order valence-electron chi connectivity index (χ2n) is 5.25. The van der Waals surface area contributed by atoms with Crippen LogP contribution in [-0.2, 0) is 0 Å². The maximum absolute atomic E-state index is 11.5. The van der Waals surface area contributed by atoms with Gasteiger partial charge in [-0.1, -0.05) is 23.5 Å². The van der Waals surface area contributed by atoms with E-state index in [0.717, 1.165) is 28.6 Å². The molecule has 3 heterocycles. The number of fused-ring (bicyclic) bond motifs is 1. The molecule has 25 heavy (non-hydrogen) atoms. The highest BCUT2D eigenvalue weighted by atomic mass is 32.2. The van der Waals surface area contributed by atoms with Crippen LogP contribution in [0.3, 0.4) is 0 Å². The highest BCUT2D eigenvalue weighted by Crippen LogP contribution is 2.35. The largest absolute Gasteiger partial charge is 0.363 e. The van der Waals surface area contributed by atoms with Crippen LogP contribution in [-0.4, -0.2) is 34.5 Å². The van der Waals surface area contributed by atoms with Crippen molar-refractivity contribution in [2.75, 3.05) is 0 Å². The van der Waals surface area contributed by atoms with E-state index < -0.39 is 4.92 Å². The van der Waals surface area contributed by atoms with Crippen LogP contribution < -0.4 is 0 Å². The molecule has 0 radical (unpaired) electrons. The summed E-state index contributed by atoms with van der Waals surface area (Å²) in [5.74, 6) is -0.0863. The average Bonchev–Trinajstić information content (AvgIpc) is 3.26. The summed E-state index contributed by atoms with van der Waals surface area (Å²) in [5, 5.41) is 25.7. The summed E-state index contributed by atoms with van der Waals surface area (Å²) in [6.45, 7) is 3.99. The van der Waals surface area contributed by atoms with E-state index in [0.29, 0.717) is 10.1 Å². The van der Waals surface area contributed by atoms with Crippen molar-refractivity contribution in [3.8, 4) is 5.69 Å². The molecule has 0 unspecified atom stereocenters. The lowest BCUT2D eigenvalue weighted by atomic mass is 10.1. The maximum atomic E-state index is 11.5. The fourth-order valence-corrected chi connectivity index (χ4v) is 4.07. The molecule has 0 bridgehead atoms. The Balaban J connectivity index is 1.80. The minimum atomic E-state index is -0.443. The quantitative estimate of drug-likeness (QED) is 0.400. The molecule has 11 heteroatoms. The minimum Gasteiger partial charge on any atom is -0.358 e. The van der Waals surface area contributed by atoms with Gasteiger partial charge in [-0.2, -0.15) is 14.1 Å². The molecule has 0 fully saturated rings. The molecule has 0 saturated carbocycles. The number of rotatable bonds is 4. The van der Waals surface area contributed by atoms with Crippen molar-refractivity contribution >= 4 is 33.9 Å². The Bertz CT molecular complexity index is 1100. The third-order valence-corrected chi connectivity index (χ3v) is 5.47. The van der Waals surface area contributed by atoms with E-state index in [4.69, 9.17) is 0 Å². The third-order valence-electron chi connectivity index (χ3n) is 3.81. The van der Waals surface area contributed by atoms with Gasteiger partial charge in [0.05, 0.1) is 5.69 Å². The van der Waals surface area contributed by atoms with E-state index in [2.05, 4.69) is 20.5 Å². The SMILES string of the molecule is Cc1cccc(-n2nnnc2Sc2nc3sccn3c2[N+](=O)[O-])c1C. The van der Waals surface area contributed by atoms with Crippen LogP contribution in [0.5, 0.6) is 0 Å². The topological polar surface area (TPSA) is 104 Å². The highest BCUT2D eigenvalue weighted by molar-refractivity contribution is 7.99. The number of benzene rings is 1. The Morgan fingerprint density at radius 2 is 2.16 bits per heavy atom. The van der Waals surface area contributed by atoms with Crippen molar-refractivity contribution in [2.45, 2.75) is 24.0 Å². The van der Waals surface area contributed by atoms with Crippen molar-refractivity contribution in [1.82, 2.24) is 29.6 Å². The third kappa shape index (κ3) is 2.57. The van der Waals surface area contributed by atoms with Gasteiger partial charge in [-0.3, -0.25) is 0 Å². The Labute approximate surface area is 149 Å². The van der Waals surface area contributed by atoms with Gasteiger partial charge in [0.15, 0.2) is 0 Å². The van der Waals surface area contributed by atoms with Crippen molar-refractivity contribution in [1.29, 1.82) is 0 Å². The Hall–Kier alpha value is -2.79. The van der Waals surface area contributed by atoms with Gasteiger partial charge in [-0.15, -0.1) is 5.10 Å². The Kier molecular flexibility index (Phi) is 3.73. The van der Waals surface area contributed by atoms with Crippen LogP contribution in [0.15, 0.2) is 40.0 Å². The fourth-order valence-electron chi connectivity index (χ4n) is 2.43. The number of hydrogen-bond acceptors (Lipinski definition) is 8. The molecule has 0 saturated heterocycles. The number of imidazole rings is 1. The van der Waals surface area contributed by atoms with Crippen molar-refractivity contribution in [3.63, 3.8) is 0 Å². The molecular formula is C14H11N7O2S2. The number of nitro groups is 1. The molecule has 4 aromatic rings. The predicted octanol–water partition coefficient (Wildman–Crippen LogP) is 3.05. The first kappa shape index (κ1) is 15.7. The first-order chi connectivity index (χ1) is 12.1. The lowest BCUT2D eigenvalue weighted by molar-refractivity contribution is -0.393. The molecule has 0 amide bonds. The zero-order valence-electron chi connectivity index (χ0n) is 13.2. The van der Waals surface area contributed by atoms with Gasteiger partial charge in [-0.25, -0.2) is 0 Å². The summed E-state index contributed by atoms with van der Waals surface area (Å²) < 4.78 is 3.03. The van der Waals surface area contributed by atoms with E-state index in [1.165, 1.54) is 15.7 Å². The average molecular weight is 373 g/mol. The Morgan fingerprint density at radius 3 is 2.96 bits per heavy atom. The molecule has 0 N–H and O–H groups in total. The summed E-state index contributed by atoms with van der Waals surface area (Å²) in [6.07, 6.45) is 1.63. The molecule has 0 aliphatic heterocycles. The second-order valence-corrected chi connectivity index (χ2v) is 7.08. The first-order valence-electron chi connectivity index (χ1n) is 7.19. The van der Waals surface area contributed by atoms with Crippen LogP contribution in [0.25, 0.3) is 10.6 Å². The van der Waals surface area contributed by atoms with Crippen LogP contribution in [0, 0.1) is 24.0 Å². The molecular weight excluding hydrogens is 362 g/mol. The molecule has 9 nitrogen and oxygen atoms in total. The van der Waals surface area contributed by atoms with Crippen molar-refractivity contribution in [3.05, 3.63) is 51.0 Å². The normalized spacial score (nSPS) is 11.3. The molecule has 0 aliphatic carbocycles. The lowest BCUT2D eigenvalue weighted by Gasteiger charge is -2.08. The van der Waals surface area contributed by atoms with Gasteiger partial charge in [0, 0.05) is 5.38 Å². The number of nitrogens with zero attached hydrogens (tertiary/aromatic N) is 7. The minimum absolute atomic E-state index is 0.0863. The summed E-state index contributed by atoms with van der Waals surface area (Å²) in [4.78, 5) is 15.9. The molecule has 0 atom stereocenters.